The minimum absolute atomic E-state index is 0.109. The lowest BCUT2D eigenvalue weighted by molar-refractivity contribution is 0.0937. The molecule has 0 saturated carbocycles. The Bertz CT molecular complexity index is 448. The normalized spacial score (nSPS) is 11.2. The first-order valence-corrected chi connectivity index (χ1v) is 7.08. The maximum atomic E-state index is 12.2. The highest BCUT2D eigenvalue weighted by atomic mass is 16.5. The standard InChI is InChI=1S/C16H26N2O2/c1-10(2)15(11(3)4)9-18-16(19)12-6-13(17)8-14(7-12)20-5/h6-8,10-11,15H,9,17H2,1-5H3,(H,18,19). The van der Waals surface area contributed by atoms with Crippen LogP contribution in [0.1, 0.15) is 38.1 Å². The Morgan fingerprint density at radius 1 is 1.20 bits per heavy atom. The number of nitrogens with one attached hydrogen (secondary N) is 1. The van der Waals surface area contributed by atoms with Gasteiger partial charge >= 0.3 is 0 Å². The monoisotopic (exact) mass is 278 g/mol. The third-order valence-electron chi connectivity index (χ3n) is 3.64. The summed E-state index contributed by atoms with van der Waals surface area (Å²) in [6.07, 6.45) is 0. The lowest BCUT2D eigenvalue weighted by Gasteiger charge is -2.25. The molecule has 1 rings (SSSR count). The van der Waals surface area contributed by atoms with Crippen LogP contribution in [0.4, 0.5) is 5.69 Å². The third-order valence-corrected chi connectivity index (χ3v) is 3.64. The molecule has 0 radical (unpaired) electrons. The van der Waals surface area contributed by atoms with E-state index >= 15 is 0 Å². The van der Waals surface area contributed by atoms with Crippen molar-refractivity contribution in [3.63, 3.8) is 0 Å². The molecule has 0 aliphatic heterocycles. The van der Waals surface area contributed by atoms with Crippen LogP contribution in [0.5, 0.6) is 5.75 Å². The number of rotatable bonds is 6. The number of anilines is 1. The van der Waals surface area contributed by atoms with E-state index in [0.717, 1.165) is 0 Å². The lowest BCUT2D eigenvalue weighted by Crippen LogP contribution is -2.34. The number of methoxy groups -OCH3 is 1. The molecule has 1 aromatic rings. The minimum Gasteiger partial charge on any atom is -0.497 e. The van der Waals surface area contributed by atoms with Gasteiger partial charge in [0.25, 0.3) is 5.91 Å². The lowest BCUT2D eigenvalue weighted by atomic mass is 9.85. The quantitative estimate of drug-likeness (QED) is 0.786. The predicted octanol–water partition coefficient (Wildman–Crippen LogP) is 2.94. The van der Waals surface area contributed by atoms with Crippen LogP contribution in [0.3, 0.4) is 0 Å². The van der Waals surface area contributed by atoms with E-state index in [0.29, 0.717) is 41.3 Å². The second kappa shape index (κ2) is 7.17. The van der Waals surface area contributed by atoms with Gasteiger partial charge in [0, 0.05) is 23.9 Å². The molecular weight excluding hydrogens is 252 g/mol. The van der Waals surface area contributed by atoms with Crippen molar-refractivity contribution in [2.75, 3.05) is 19.4 Å². The van der Waals surface area contributed by atoms with Gasteiger partial charge < -0.3 is 15.8 Å². The molecule has 3 N–H and O–H groups in total. The second-order valence-corrected chi connectivity index (χ2v) is 5.86. The van der Waals surface area contributed by atoms with Crippen molar-refractivity contribution in [3.05, 3.63) is 23.8 Å². The molecule has 20 heavy (non-hydrogen) atoms. The first-order valence-electron chi connectivity index (χ1n) is 7.08. The third kappa shape index (κ3) is 4.44. The first kappa shape index (κ1) is 16.3. The number of nitrogens with two attached hydrogens (primary N) is 1. The molecule has 4 heteroatoms. The van der Waals surface area contributed by atoms with Gasteiger partial charge in [0.05, 0.1) is 7.11 Å². The Kier molecular flexibility index (Phi) is 5.86. The van der Waals surface area contributed by atoms with Crippen molar-refractivity contribution >= 4 is 11.6 Å². The summed E-state index contributed by atoms with van der Waals surface area (Å²) in [6.45, 7) is 9.40. The summed E-state index contributed by atoms with van der Waals surface area (Å²) in [5.74, 6) is 2.01. The van der Waals surface area contributed by atoms with Crippen LogP contribution in [0, 0.1) is 17.8 Å². The van der Waals surface area contributed by atoms with E-state index in [1.807, 2.05) is 0 Å². The number of carbonyl (C=O) groups excluding carboxylic acids is 1. The Morgan fingerprint density at radius 2 is 1.80 bits per heavy atom. The average Bonchev–Trinajstić information content (AvgIpc) is 2.37. The van der Waals surface area contributed by atoms with Gasteiger partial charge in [-0.2, -0.15) is 0 Å². The summed E-state index contributed by atoms with van der Waals surface area (Å²) in [5, 5.41) is 2.99. The van der Waals surface area contributed by atoms with E-state index in [4.69, 9.17) is 10.5 Å². The molecule has 0 unspecified atom stereocenters. The van der Waals surface area contributed by atoms with E-state index in [9.17, 15) is 4.79 Å². The number of benzene rings is 1. The minimum atomic E-state index is -0.109. The molecular formula is C16H26N2O2. The highest BCUT2D eigenvalue weighted by molar-refractivity contribution is 5.95. The molecule has 0 heterocycles. The van der Waals surface area contributed by atoms with Gasteiger partial charge in [0.2, 0.25) is 0 Å². The van der Waals surface area contributed by atoms with Gasteiger partial charge in [-0.25, -0.2) is 0 Å². The number of hydrogen-bond donors (Lipinski definition) is 2. The Balaban J connectivity index is 2.74. The molecule has 4 nitrogen and oxygen atoms in total. The summed E-state index contributed by atoms with van der Waals surface area (Å²) in [7, 11) is 1.56. The molecule has 0 bridgehead atoms. The zero-order valence-electron chi connectivity index (χ0n) is 13.1. The van der Waals surface area contributed by atoms with Gasteiger partial charge in [0.1, 0.15) is 5.75 Å². The predicted molar refractivity (Wildman–Crippen MR) is 82.9 cm³/mol. The van der Waals surface area contributed by atoms with Crippen molar-refractivity contribution in [2.24, 2.45) is 17.8 Å². The van der Waals surface area contributed by atoms with Crippen LogP contribution in [0.2, 0.25) is 0 Å². The molecule has 0 aromatic heterocycles. The van der Waals surface area contributed by atoms with E-state index in [2.05, 4.69) is 33.0 Å². The number of hydrogen-bond acceptors (Lipinski definition) is 3. The molecule has 112 valence electrons. The molecule has 0 fully saturated rings. The number of nitrogen functional groups attached to an aromatic ring is 1. The zero-order chi connectivity index (χ0) is 15.3. The average molecular weight is 278 g/mol. The van der Waals surface area contributed by atoms with Crippen molar-refractivity contribution in [1.29, 1.82) is 0 Å². The van der Waals surface area contributed by atoms with Crippen LogP contribution >= 0.6 is 0 Å². The number of amides is 1. The second-order valence-electron chi connectivity index (χ2n) is 5.86. The Labute approximate surface area is 121 Å². The van der Waals surface area contributed by atoms with Crippen LogP contribution in [-0.2, 0) is 0 Å². The van der Waals surface area contributed by atoms with E-state index in [-0.39, 0.29) is 5.91 Å². The molecule has 1 amide bonds. The van der Waals surface area contributed by atoms with Crippen LogP contribution < -0.4 is 15.8 Å². The van der Waals surface area contributed by atoms with Crippen LogP contribution in [0.15, 0.2) is 18.2 Å². The van der Waals surface area contributed by atoms with Crippen molar-refractivity contribution < 1.29 is 9.53 Å². The fourth-order valence-electron chi connectivity index (χ4n) is 2.42. The van der Waals surface area contributed by atoms with Crippen LogP contribution in [-0.4, -0.2) is 19.6 Å². The molecule has 0 spiro atoms. The van der Waals surface area contributed by atoms with Gasteiger partial charge in [-0.3, -0.25) is 4.79 Å². The van der Waals surface area contributed by atoms with E-state index in [1.54, 1.807) is 25.3 Å². The highest BCUT2D eigenvalue weighted by Gasteiger charge is 2.18. The summed E-state index contributed by atoms with van der Waals surface area (Å²) in [4.78, 5) is 12.2. The van der Waals surface area contributed by atoms with Gasteiger partial charge in [-0.1, -0.05) is 27.7 Å². The van der Waals surface area contributed by atoms with E-state index < -0.39 is 0 Å². The Morgan fingerprint density at radius 3 is 2.30 bits per heavy atom. The summed E-state index contributed by atoms with van der Waals surface area (Å²) < 4.78 is 5.13. The van der Waals surface area contributed by atoms with Crippen molar-refractivity contribution in [2.45, 2.75) is 27.7 Å². The molecule has 0 aliphatic carbocycles. The number of carbonyl (C=O) groups is 1. The van der Waals surface area contributed by atoms with Crippen molar-refractivity contribution in [3.8, 4) is 5.75 Å². The molecule has 1 aromatic carbocycles. The van der Waals surface area contributed by atoms with Crippen LogP contribution in [0.25, 0.3) is 0 Å². The zero-order valence-corrected chi connectivity index (χ0v) is 13.1. The summed E-state index contributed by atoms with van der Waals surface area (Å²) in [5.41, 5.74) is 6.83. The molecule has 0 atom stereocenters. The topological polar surface area (TPSA) is 64.3 Å². The first-order chi connectivity index (χ1) is 9.35. The van der Waals surface area contributed by atoms with Gasteiger partial charge in [-0.15, -0.1) is 0 Å². The molecule has 0 saturated heterocycles. The fraction of sp³-hybridized carbons (Fsp3) is 0.562. The number of ether oxygens (including phenoxy) is 1. The van der Waals surface area contributed by atoms with Gasteiger partial charge in [-0.05, 0) is 29.9 Å². The summed E-state index contributed by atoms with van der Waals surface area (Å²) in [6, 6.07) is 5.06. The highest BCUT2D eigenvalue weighted by Crippen LogP contribution is 2.21. The SMILES string of the molecule is COc1cc(N)cc(C(=O)NCC(C(C)C)C(C)C)c1. The maximum absolute atomic E-state index is 12.2. The maximum Gasteiger partial charge on any atom is 0.251 e. The smallest absolute Gasteiger partial charge is 0.251 e. The van der Waals surface area contributed by atoms with Gasteiger partial charge in [0.15, 0.2) is 0 Å². The largest absolute Gasteiger partial charge is 0.497 e. The van der Waals surface area contributed by atoms with E-state index in [1.165, 1.54) is 0 Å². The summed E-state index contributed by atoms with van der Waals surface area (Å²) >= 11 is 0. The molecule has 0 aliphatic rings. The van der Waals surface area contributed by atoms with Crippen molar-refractivity contribution in [1.82, 2.24) is 5.32 Å². The Hall–Kier alpha value is -1.71. The fourth-order valence-corrected chi connectivity index (χ4v) is 2.42.